The van der Waals surface area contributed by atoms with Gasteiger partial charge in [0.1, 0.15) is 23.0 Å². The van der Waals surface area contributed by atoms with E-state index < -0.39 is 6.10 Å². The number of carbonyl (C=O) groups excluding carboxylic acids is 1. The van der Waals surface area contributed by atoms with Gasteiger partial charge in [0.25, 0.3) is 0 Å². The number of amides is 1. The van der Waals surface area contributed by atoms with Crippen molar-refractivity contribution in [3.05, 3.63) is 107 Å². The lowest BCUT2D eigenvalue weighted by atomic mass is 10.0. The standard InChI is InChI=1S/C37H46N4O6/c1-24(17-26-5-11-30(46-3)12-6-26)38-21-34(28-9-15-35(43)32(19-28)40-23-42)41-33-20-29(10-16-36(33)44)37(45)22-39-25(2)18-27-7-13-31(47-4)14-8-27/h5-16,19-20,23-25,34,37-39,41,43-45H,17-18,21-22H2,1-4H3,(H,40,42)/t24-,25-,34+,37+/m1/s1. The maximum absolute atomic E-state index is 11.2. The molecule has 0 spiro atoms. The second-order valence-electron chi connectivity index (χ2n) is 11.8. The average Bonchev–Trinajstić information content (AvgIpc) is 3.08. The van der Waals surface area contributed by atoms with E-state index in [0.29, 0.717) is 30.8 Å². The van der Waals surface area contributed by atoms with Gasteiger partial charge in [-0.2, -0.15) is 0 Å². The van der Waals surface area contributed by atoms with Gasteiger partial charge in [0, 0.05) is 25.2 Å². The maximum Gasteiger partial charge on any atom is 0.211 e. The molecule has 0 unspecified atom stereocenters. The molecule has 1 amide bonds. The first-order valence-electron chi connectivity index (χ1n) is 15.7. The van der Waals surface area contributed by atoms with Crippen molar-refractivity contribution in [3.8, 4) is 23.0 Å². The largest absolute Gasteiger partial charge is 0.506 e. The number of aliphatic hydroxyl groups excluding tert-OH is 1. The van der Waals surface area contributed by atoms with Crippen LogP contribution in [-0.4, -0.2) is 61.1 Å². The van der Waals surface area contributed by atoms with E-state index in [-0.39, 0.29) is 35.3 Å². The van der Waals surface area contributed by atoms with E-state index in [1.54, 1.807) is 44.6 Å². The van der Waals surface area contributed by atoms with E-state index in [4.69, 9.17) is 9.47 Å². The van der Waals surface area contributed by atoms with Crippen molar-refractivity contribution in [1.82, 2.24) is 10.6 Å². The van der Waals surface area contributed by atoms with Gasteiger partial charge >= 0.3 is 0 Å². The number of phenolic OH excluding ortho intramolecular Hbond substituents is 2. The number of benzene rings is 4. The number of aromatic hydroxyl groups is 2. The van der Waals surface area contributed by atoms with Crippen LogP contribution in [0.1, 0.15) is 48.2 Å². The smallest absolute Gasteiger partial charge is 0.211 e. The molecule has 0 heterocycles. The molecule has 250 valence electrons. The minimum absolute atomic E-state index is 0.0306. The highest BCUT2D eigenvalue weighted by Gasteiger charge is 2.19. The molecule has 47 heavy (non-hydrogen) atoms. The minimum Gasteiger partial charge on any atom is -0.506 e. The van der Waals surface area contributed by atoms with E-state index >= 15 is 0 Å². The molecule has 0 radical (unpaired) electrons. The Bertz CT molecular complexity index is 1560. The van der Waals surface area contributed by atoms with Crippen LogP contribution in [0.4, 0.5) is 11.4 Å². The van der Waals surface area contributed by atoms with Crippen molar-refractivity contribution < 1.29 is 29.6 Å². The number of phenols is 2. The van der Waals surface area contributed by atoms with Crippen molar-refractivity contribution in [2.45, 2.75) is 50.9 Å². The van der Waals surface area contributed by atoms with Crippen LogP contribution in [0.15, 0.2) is 84.9 Å². The zero-order valence-electron chi connectivity index (χ0n) is 27.4. The molecule has 10 nitrogen and oxygen atoms in total. The molecular formula is C37H46N4O6. The summed E-state index contributed by atoms with van der Waals surface area (Å²) >= 11 is 0. The van der Waals surface area contributed by atoms with Crippen molar-refractivity contribution >= 4 is 17.8 Å². The molecule has 4 aromatic rings. The second kappa shape index (κ2) is 17.2. The first kappa shape index (κ1) is 35.1. The van der Waals surface area contributed by atoms with Crippen LogP contribution in [0.2, 0.25) is 0 Å². The number of nitrogens with one attached hydrogen (secondary N) is 4. The number of hydrogen-bond donors (Lipinski definition) is 7. The zero-order valence-corrected chi connectivity index (χ0v) is 27.4. The summed E-state index contributed by atoms with van der Waals surface area (Å²) in [5, 5.41) is 45.1. The highest BCUT2D eigenvalue weighted by atomic mass is 16.5. The lowest BCUT2D eigenvalue weighted by molar-refractivity contribution is -0.105. The second-order valence-corrected chi connectivity index (χ2v) is 11.8. The molecule has 4 aromatic carbocycles. The summed E-state index contributed by atoms with van der Waals surface area (Å²) in [4.78, 5) is 11.2. The zero-order chi connectivity index (χ0) is 33.8. The predicted molar refractivity (Wildman–Crippen MR) is 186 cm³/mol. The fourth-order valence-electron chi connectivity index (χ4n) is 5.39. The van der Waals surface area contributed by atoms with Crippen LogP contribution in [0.25, 0.3) is 0 Å². The molecular weight excluding hydrogens is 596 g/mol. The fraction of sp³-hybridized carbons (Fsp3) is 0.324. The molecule has 0 aliphatic heterocycles. The van der Waals surface area contributed by atoms with Gasteiger partial charge in [-0.05, 0) is 97.5 Å². The summed E-state index contributed by atoms with van der Waals surface area (Å²) in [5.74, 6) is 1.59. The highest BCUT2D eigenvalue weighted by Crippen LogP contribution is 2.33. The molecule has 0 aromatic heterocycles. The minimum atomic E-state index is -0.812. The predicted octanol–water partition coefficient (Wildman–Crippen LogP) is 5.31. The number of rotatable bonds is 18. The third kappa shape index (κ3) is 10.4. The normalized spacial score (nSPS) is 13.6. The number of anilines is 2. The van der Waals surface area contributed by atoms with Crippen LogP contribution in [0.5, 0.6) is 23.0 Å². The van der Waals surface area contributed by atoms with Crippen molar-refractivity contribution in [1.29, 1.82) is 0 Å². The number of ether oxygens (including phenoxy) is 2. The van der Waals surface area contributed by atoms with Gasteiger partial charge in [-0.15, -0.1) is 0 Å². The molecule has 0 saturated heterocycles. The van der Waals surface area contributed by atoms with Gasteiger partial charge in [-0.1, -0.05) is 36.4 Å². The number of aliphatic hydroxyl groups is 1. The Morgan fingerprint density at radius 3 is 1.70 bits per heavy atom. The summed E-state index contributed by atoms with van der Waals surface area (Å²) in [6.45, 7) is 4.95. The van der Waals surface area contributed by atoms with Crippen molar-refractivity contribution in [3.63, 3.8) is 0 Å². The van der Waals surface area contributed by atoms with Crippen LogP contribution in [0, 0.1) is 0 Å². The fourth-order valence-corrected chi connectivity index (χ4v) is 5.39. The van der Waals surface area contributed by atoms with Gasteiger partial charge in [0.15, 0.2) is 0 Å². The number of methoxy groups -OCH3 is 2. The lowest BCUT2D eigenvalue weighted by Crippen LogP contribution is -2.34. The first-order chi connectivity index (χ1) is 22.7. The molecule has 10 heteroatoms. The Kier molecular flexibility index (Phi) is 12.9. The third-order valence-electron chi connectivity index (χ3n) is 8.10. The van der Waals surface area contributed by atoms with Gasteiger partial charge in [-0.25, -0.2) is 0 Å². The summed E-state index contributed by atoms with van der Waals surface area (Å²) in [6, 6.07) is 25.7. The van der Waals surface area contributed by atoms with E-state index in [9.17, 15) is 20.1 Å². The molecule has 0 bridgehead atoms. The van der Waals surface area contributed by atoms with E-state index in [2.05, 4.69) is 35.1 Å². The van der Waals surface area contributed by atoms with Crippen LogP contribution < -0.4 is 30.7 Å². The molecule has 7 N–H and O–H groups in total. The Labute approximate surface area is 276 Å². The van der Waals surface area contributed by atoms with E-state index in [1.165, 1.54) is 6.07 Å². The lowest BCUT2D eigenvalue weighted by Gasteiger charge is -2.25. The Balaban J connectivity index is 1.46. The van der Waals surface area contributed by atoms with Gasteiger partial charge in [-0.3, -0.25) is 4.79 Å². The quantitative estimate of drug-likeness (QED) is 0.0567. The Morgan fingerprint density at radius 1 is 0.681 bits per heavy atom. The average molecular weight is 643 g/mol. The van der Waals surface area contributed by atoms with Gasteiger partial charge in [0.2, 0.25) is 6.41 Å². The highest BCUT2D eigenvalue weighted by molar-refractivity contribution is 5.75. The van der Waals surface area contributed by atoms with E-state index in [0.717, 1.165) is 41.0 Å². The Hall–Kier alpha value is -4.77. The summed E-state index contributed by atoms with van der Waals surface area (Å²) in [5.41, 5.74) is 4.46. The molecule has 0 fully saturated rings. The molecule has 4 atom stereocenters. The Morgan fingerprint density at radius 2 is 1.17 bits per heavy atom. The topological polar surface area (TPSA) is 144 Å². The van der Waals surface area contributed by atoms with Gasteiger partial charge < -0.3 is 46.1 Å². The molecule has 0 aliphatic carbocycles. The summed E-state index contributed by atoms with van der Waals surface area (Å²) in [6.07, 6.45) is 1.27. The van der Waals surface area contributed by atoms with Gasteiger partial charge in [0.05, 0.1) is 37.7 Å². The third-order valence-corrected chi connectivity index (χ3v) is 8.10. The molecule has 4 rings (SSSR count). The maximum atomic E-state index is 11.2. The molecule has 0 aliphatic rings. The number of carbonyl (C=O) groups is 1. The molecule has 0 saturated carbocycles. The van der Waals surface area contributed by atoms with Crippen LogP contribution >= 0.6 is 0 Å². The van der Waals surface area contributed by atoms with Crippen LogP contribution in [-0.2, 0) is 17.6 Å². The van der Waals surface area contributed by atoms with Crippen molar-refractivity contribution in [2.75, 3.05) is 37.9 Å². The summed E-state index contributed by atoms with van der Waals surface area (Å²) in [7, 11) is 3.28. The monoisotopic (exact) mass is 642 g/mol. The number of hydrogen-bond acceptors (Lipinski definition) is 9. The SMILES string of the molecule is COc1ccc(C[C@@H](C)NC[C@H](Nc2cc([C@@H](O)CN[C@H](C)Cc3ccc(OC)cc3)ccc2O)c2ccc(O)c(NC=O)c2)cc1. The summed E-state index contributed by atoms with van der Waals surface area (Å²) < 4.78 is 10.5. The van der Waals surface area contributed by atoms with E-state index in [1.807, 2.05) is 48.5 Å². The van der Waals surface area contributed by atoms with Crippen LogP contribution in [0.3, 0.4) is 0 Å². The van der Waals surface area contributed by atoms with Crippen molar-refractivity contribution in [2.24, 2.45) is 0 Å². The first-order valence-corrected chi connectivity index (χ1v) is 15.7.